The van der Waals surface area contributed by atoms with E-state index in [1.807, 2.05) is 18.2 Å². The van der Waals surface area contributed by atoms with Crippen LogP contribution in [0.1, 0.15) is 24.8 Å². The minimum Gasteiger partial charge on any atom is -0.494 e. The number of nitrogens with zero attached hydrogens (tertiary/aromatic N) is 2. The molecule has 2 aromatic carbocycles. The second-order valence-electron chi connectivity index (χ2n) is 7.97. The Morgan fingerprint density at radius 1 is 1.22 bits per heavy atom. The summed E-state index contributed by atoms with van der Waals surface area (Å²) in [4.78, 5) is 40.8. The van der Waals surface area contributed by atoms with Crippen LogP contribution in [0.25, 0.3) is 10.9 Å². The van der Waals surface area contributed by atoms with E-state index in [9.17, 15) is 14.4 Å². The van der Waals surface area contributed by atoms with Gasteiger partial charge in [-0.25, -0.2) is 4.98 Å². The Balaban J connectivity index is 1.13. The molecule has 9 nitrogen and oxygen atoms in total. The van der Waals surface area contributed by atoms with Gasteiger partial charge in [0.15, 0.2) is 0 Å². The molecular weight excluding hydrogens is 410 g/mol. The lowest BCUT2D eigenvalue weighted by atomic mass is 10.0. The van der Waals surface area contributed by atoms with Crippen molar-refractivity contribution >= 4 is 34.4 Å². The summed E-state index contributed by atoms with van der Waals surface area (Å²) < 4.78 is 7.06. The quantitative estimate of drug-likeness (QED) is 0.513. The van der Waals surface area contributed by atoms with Crippen molar-refractivity contribution in [1.82, 2.24) is 14.9 Å². The molecule has 1 atom stereocenters. The molecule has 0 spiro atoms. The molecule has 0 saturated carbocycles. The topological polar surface area (TPSA) is 114 Å². The molecular formula is C23H23N5O4. The zero-order chi connectivity index (χ0) is 22.1. The van der Waals surface area contributed by atoms with Crippen LogP contribution in [0.2, 0.25) is 0 Å². The highest BCUT2D eigenvalue weighted by Gasteiger charge is 2.22. The summed E-state index contributed by atoms with van der Waals surface area (Å²) in [7, 11) is 0. The first-order valence-electron chi connectivity index (χ1n) is 10.7. The van der Waals surface area contributed by atoms with Crippen LogP contribution in [0.4, 0.5) is 11.6 Å². The van der Waals surface area contributed by atoms with Crippen molar-refractivity contribution < 1.29 is 14.3 Å². The first-order chi connectivity index (χ1) is 15.6. The normalized spacial score (nSPS) is 16.6. The summed E-state index contributed by atoms with van der Waals surface area (Å²) in [6, 6.07) is 13.2. The fraction of sp³-hybridized carbons (Fsp3) is 0.304. The van der Waals surface area contributed by atoms with Gasteiger partial charge in [0.2, 0.25) is 17.8 Å². The highest BCUT2D eigenvalue weighted by molar-refractivity contribution is 5.94. The predicted octanol–water partition coefficient (Wildman–Crippen LogP) is 2.01. The van der Waals surface area contributed by atoms with Gasteiger partial charge in [-0.1, -0.05) is 18.2 Å². The van der Waals surface area contributed by atoms with Crippen LogP contribution in [0.5, 0.6) is 5.75 Å². The van der Waals surface area contributed by atoms with E-state index in [4.69, 9.17) is 4.74 Å². The molecule has 5 rings (SSSR count). The maximum atomic E-state index is 12.6. The van der Waals surface area contributed by atoms with Crippen molar-refractivity contribution in [3.8, 4) is 5.75 Å². The second kappa shape index (κ2) is 8.33. The zero-order valence-electron chi connectivity index (χ0n) is 17.4. The van der Waals surface area contributed by atoms with Gasteiger partial charge in [0.05, 0.1) is 23.7 Å². The number of hydrogen-bond donors (Lipinski definition) is 3. The molecule has 0 fully saturated rings. The molecule has 0 saturated heterocycles. The third-order valence-corrected chi connectivity index (χ3v) is 5.68. The molecule has 2 amide bonds. The van der Waals surface area contributed by atoms with Crippen LogP contribution < -0.4 is 26.2 Å². The molecule has 0 radical (unpaired) electrons. The molecule has 2 aliphatic rings. The first-order valence-corrected chi connectivity index (χ1v) is 10.7. The largest absolute Gasteiger partial charge is 0.494 e. The number of fused-ring (bicyclic) bond motifs is 3. The maximum Gasteiger partial charge on any atom is 0.263 e. The average Bonchev–Trinajstić information content (AvgIpc) is 3.17. The Kier molecular flexibility index (Phi) is 5.22. The maximum absolute atomic E-state index is 12.6. The third-order valence-electron chi connectivity index (χ3n) is 5.68. The number of anilines is 2. The summed E-state index contributed by atoms with van der Waals surface area (Å²) in [5.74, 6) is 0.509. The van der Waals surface area contributed by atoms with Gasteiger partial charge in [0.1, 0.15) is 12.3 Å². The molecule has 9 heteroatoms. The van der Waals surface area contributed by atoms with Gasteiger partial charge in [-0.05, 0) is 49.1 Å². The highest BCUT2D eigenvalue weighted by atomic mass is 16.5. The zero-order valence-corrected chi connectivity index (χ0v) is 17.4. The number of carbonyl (C=O) groups excluding carboxylic acids is 2. The number of nitrogens with one attached hydrogen (secondary N) is 3. The Morgan fingerprint density at radius 2 is 2.09 bits per heavy atom. The Hall–Kier alpha value is -3.88. The number of hydrogen-bond acceptors (Lipinski definition) is 6. The average molecular weight is 433 g/mol. The van der Waals surface area contributed by atoms with Gasteiger partial charge in [0, 0.05) is 12.1 Å². The number of rotatable bonds is 6. The number of aryl methyl sites for hydroxylation is 1. The minimum atomic E-state index is -0.283. The monoisotopic (exact) mass is 433 g/mol. The summed E-state index contributed by atoms with van der Waals surface area (Å²) in [5, 5.41) is 9.35. The highest BCUT2D eigenvalue weighted by Crippen LogP contribution is 2.23. The lowest BCUT2D eigenvalue weighted by molar-refractivity contribution is -0.122. The predicted molar refractivity (Wildman–Crippen MR) is 120 cm³/mol. The van der Waals surface area contributed by atoms with Gasteiger partial charge < -0.3 is 15.4 Å². The molecule has 1 aromatic heterocycles. The molecule has 3 heterocycles. The SMILES string of the molecule is O=C1Cn2c(nc3ccc(OCCCC(=O)NC4CCc5ccccc5N4)cc3c2=O)N1. The molecule has 0 aliphatic carbocycles. The minimum absolute atomic E-state index is 0.0285. The molecule has 3 N–H and O–H groups in total. The van der Waals surface area contributed by atoms with Gasteiger partial charge in [0.25, 0.3) is 5.56 Å². The van der Waals surface area contributed by atoms with E-state index in [1.165, 1.54) is 10.1 Å². The van der Waals surface area contributed by atoms with Crippen LogP contribution in [0.3, 0.4) is 0 Å². The van der Waals surface area contributed by atoms with E-state index < -0.39 is 0 Å². The van der Waals surface area contributed by atoms with Crippen molar-refractivity contribution in [3.63, 3.8) is 0 Å². The van der Waals surface area contributed by atoms with Crippen LogP contribution in [0.15, 0.2) is 47.3 Å². The third kappa shape index (κ3) is 4.01. The van der Waals surface area contributed by atoms with E-state index in [1.54, 1.807) is 18.2 Å². The Labute approximate surface area is 183 Å². The van der Waals surface area contributed by atoms with Gasteiger partial charge >= 0.3 is 0 Å². The van der Waals surface area contributed by atoms with Gasteiger partial charge in [-0.3, -0.25) is 24.3 Å². The standard InChI is InChI=1S/C23H23N5O4/c29-20(26-19-10-7-14-4-1-2-5-17(14)24-19)6-3-11-32-15-8-9-18-16(12-15)22(31)28-13-21(30)27-23(28)25-18/h1-2,4-5,8-9,12,19,24H,3,6-7,10-11,13H2,(H,26,29)(H,25,27,30). The number of para-hydroxylation sites is 1. The summed E-state index contributed by atoms with van der Waals surface area (Å²) in [6.07, 6.45) is 2.61. The van der Waals surface area contributed by atoms with Crippen molar-refractivity contribution in [2.24, 2.45) is 0 Å². The van der Waals surface area contributed by atoms with E-state index in [0.717, 1.165) is 18.5 Å². The fourth-order valence-electron chi connectivity index (χ4n) is 4.08. The molecule has 0 bridgehead atoms. The Bertz CT molecular complexity index is 1270. The lowest BCUT2D eigenvalue weighted by Gasteiger charge is -2.27. The number of ether oxygens (including phenoxy) is 1. The number of benzene rings is 2. The summed E-state index contributed by atoms with van der Waals surface area (Å²) >= 11 is 0. The molecule has 164 valence electrons. The molecule has 3 aromatic rings. The summed E-state index contributed by atoms with van der Waals surface area (Å²) in [5.41, 5.74) is 2.55. The van der Waals surface area contributed by atoms with Crippen LogP contribution >= 0.6 is 0 Å². The van der Waals surface area contributed by atoms with Gasteiger partial charge in [-0.2, -0.15) is 0 Å². The number of amides is 2. The van der Waals surface area contributed by atoms with Crippen molar-refractivity contribution in [2.45, 2.75) is 38.4 Å². The molecule has 1 unspecified atom stereocenters. The number of carbonyl (C=O) groups is 2. The number of aromatic nitrogens is 2. The van der Waals surface area contributed by atoms with Crippen molar-refractivity contribution in [3.05, 3.63) is 58.4 Å². The van der Waals surface area contributed by atoms with Crippen molar-refractivity contribution in [1.29, 1.82) is 0 Å². The van der Waals surface area contributed by atoms with Crippen molar-refractivity contribution in [2.75, 3.05) is 17.2 Å². The van der Waals surface area contributed by atoms with Gasteiger partial charge in [-0.15, -0.1) is 0 Å². The molecule has 32 heavy (non-hydrogen) atoms. The second-order valence-corrected chi connectivity index (χ2v) is 7.97. The molecule has 2 aliphatic heterocycles. The van der Waals surface area contributed by atoms with Crippen LogP contribution in [0, 0.1) is 0 Å². The lowest BCUT2D eigenvalue weighted by Crippen LogP contribution is -2.42. The van der Waals surface area contributed by atoms with Crippen LogP contribution in [-0.4, -0.2) is 34.1 Å². The van der Waals surface area contributed by atoms with E-state index in [2.05, 4.69) is 27.0 Å². The summed E-state index contributed by atoms with van der Waals surface area (Å²) in [6.45, 7) is 0.318. The Morgan fingerprint density at radius 3 is 3.00 bits per heavy atom. The van der Waals surface area contributed by atoms with E-state index >= 15 is 0 Å². The fourth-order valence-corrected chi connectivity index (χ4v) is 4.08. The van der Waals surface area contributed by atoms with Crippen LogP contribution in [-0.2, 0) is 22.6 Å². The smallest absolute Gasteiger partial charge is 0.263 e. The van der Waals surface area contributed by atoms with E-state index in [-0.39, 0.29) is 36.0 Å². The van der Waals surface area contributed by atoms with E-state index in [0.29, 0.717) is 36.1 Å². The first kappa shape index (κ1) is 20.0.